The number of carbonyl (C=O) groups is 5. The largest absolute Gasteiger partial charge is 0.440 e. The molecule has 5 N–H and O–H groups in total. The molecule has 0 aromatic heterocycles. The fourth-order valence-electron chi connectivity index (χ4n) is 7.14. The maximum atomic E-state index is 13.9. The predicted octanol–water partition coefficient (Wildman–Crippen LogP) is 5.64. The van der Waals surface area contributed by atoms with Gasteiger partial charge in [-0.2, -0.15) is 0 Å². The van der Waals surface area contributed by atoms with Gasteiger partial charge in [-0.25, -0.2) is 4.79 Å². The van der Waals surface area contributed by atoms with E-state index < -0.39 is 53.2 Å². The highest BCUT2D eigenvalue weighted by Crippen LogP contribution is 2.41. The first kappa shape index (κ1) is 35.9. The van der Waals surface area contributed by atoms with Gasteiger partial charge in [-0.1, -0.05) is 106 Å². The van der Waals surface area contributed by atoms with Crippen molar-refractivity contribution >= 4 is 52.0 Å². The molecule has 0 bridgehead atoms. The zero-order chi connectivity index (χ0) is 35.1. The van der Waals surface area contributed by atoms with Crippen molar-refractivity contribution < 1.29 is 28.7 Å². The highest BCUT2D eigenvalue weighted by molar-refractivity contribution is 6.38. The second-order valence-corrected chi connectivity index (χ2v) is 14.3. The Bertz CT molecular complexity index is 1700. The molecule has 0 radical (unpaired) electrons. The summed E-state index contributed by atoms with van der Waals surface area (Å²) in [4.78, 5) is 64.9. The van der Waals surface area contributed by atoms with E-state index in [1.165, 1.54) is 0 Å². The van der Waals surface area contributed by atoms with Gasteiger partial charge in [0.25, 0.3) is 5.91 Å². The van der Waals surface area contributed by atoms with E-state index in [1.807, 2.05) is 74.5 Å². The van der Waals surface area contributed by atoms with Gasteiger partial charge in [0.2, 0.25) is 17.6 Å². The number of alkyl carbamates (subject to hydrolysis) is 1. The summed E-state index contributed by atoms with van der Waals surface area (Å²) in [7, 11) is 0. The van der Waals surface area contributed by atoms with Gasteiger partial charge in [-0.15, -0.1) is 0 Å². The molecule has 1 saturated carbocycles. The van der Waals surface area contributed by atoms with E-state index in [0.29, 0.717) is 24.4 Å². The monoisotopic (exact) mass is 688 g/mol. The van der Waals surface area contributed by atoms with Crippen LogP contribution in [0.2, 0.25) is 5.02 Å². The molecular formula is C38H45ClN4O6. The van der Waals surface area contributed by atoms with Crippen molar-refractivity contribution in [2.24, 2.45) is 17.6 Å². The third-order valence-corrected chi connectivity index (χ3v) is 10.2. The van der Waals surface area contributed by atoms with Crippen molar-refractivity contribution in [3.63, 3.8) is 0 Å². The quantitative estimate of drug-likeness (QED) is 0.170. The Balaban J connectivity index is 1.42. The van der Waals surface area contributed by atoms with Crippen molar-refractivity contribution in [1.82, 2.24) is 16.0 Å². The van der Waals surface area contributed by atoms with E-state index >= 15 is 0 Å². The third-order valence-electron chi connectivity index (χ3n) is 9.99. The molecule has 1 aliphatic carbocycles. The lowest BCUT2D eigenvalue weighted by Gasteiger charge is -2.35. The highest BCUT2D eigenvalue weighted by Gasteiger charge is 2.39. The molecule has 1 aliphatic heterocycles. The Morgan fingerprint density at radius 3 is 2.31 bits per heavy atom. The number of amides is 4. The smallest absolute Gasteiger partial charge is 0.408 e. The van der Waals surface area contributed by atoms with Crippen LogP contribution in [-0.2, 0) is 29.3 Å². The predicted molar refractivity (Wildman–Crippen MR) is 188 cm³/mol. The molecule has 1 saturated heterocycles. The molecule has 11 heteroatoms. The first-order valence-electron chi connectivity index (χ1n) is 17.1. The van der Waals surface area contributed by atoms with Crippen LogP contribution in [-0.4, -0.2) is 48.2 Å². The van der Waals surface area contributed by atoms with E-state index in [2.05, 4.69) is 16.0 Å². The van der Waals surface area contributed by atoms with Crippen molar-refractivity contribution in [2.45, 2.75) is 88.8 Å². The van der Waals surface area contributed by atoms with Crippen molar-refractivity contribution in [1.29, 1.82) is 0 Å². The molecule has 3 aromatic carbocycles. The molecule has 5 rings (SSSR count). The molecule has 0 spiro atoms. The summed E-state index contributed by atoms with van der Waals surface area (Å²) in [5, 5.41) is 10.7. The Morgan fingerprint density at radius 2 is 1.63 bits per heavy atom. The minimum atomic E-state index is -1.31. The van der Waals surface area contributed by atoms with Crippen LogP contribution >= 0.6 is 11.6 Å². The minimum absolute atomic E-state index is 0.0716. The standard InChI is InChI=1S/C38H45ClN4O6/c1-38(2,28-13-8-14-29(39)22-28)33(26-16-15-24-11-6-7-12-25(24)20-26)49-37(48)43-31(19-23-9-4-3-5-10-23)36(47)42-30(32(44)34(40)45)21-27-17-18-41-35(27)46/h6-8,11-16,20,22-23,27,30-31,33H,3-5,9-10,17-19,21H2,1-2H3,(H2,40,45)(H,41,46)(H,42,47)(H,43,48). The zero-order valence-corrected chi connectivity index (χ0v) is 28.8. The van der Waals surface area contributed by atoms with E-state index in [0.717, 1.165) is 54.0 Å². The first-order chi connectivity index (χ1) is 23.4. The van der Waals surface area contributed by atoms with Crippen molar-refractivity contribution in [3.8, 4) is 0 Å². The zero-order valence-electron chi connectivity index (χ0n) is 28.0. The van der Waals surface area contributed by atoms with Crippen molar-refractivity contribution in [2.75, 3.05) is 6.54 Å². The summed E-state index contributed by atoms with van der Waals surface area (Å²) < 4.78 is 6.26. The molecule has 10 nitrogen and oxygen atoms in total. The van der Waals surface area contributed by atoms with E-state index in [9.17, 15) is 24.0 Å². The molecule has 4 atom stereocenters. The lowest BCUT2D eigenvalue weighted by atomic mass is 9.76. The normalized spacial score (nSPS) is 18.6. The molecule has 1 heterocycles. The van der Waals surface area contributed by atoms with Crippen LogP contribution in [0, 0.1) is 11.8 Å². The number of ketones is 1. The number of hydrogen-bond acceptors (Lipinski definition) is 6. The van der Waals surface area contributed by atoms with Crippen LogP contribution in [0.4, 0.5) is 4.79 Å². The lowest BCUT2D eigenvalue weighted by Crippen LogP contribution is -2.54. The number of nitrogens with one attached hydrogen (secondary N) is 3. The highest BCUT2D eigenvalue weighted by atomic mass is 35.5. The topological polar surface area (TPSA) is 157 Å². The van der Waals surface area contributed by atoms with Gasteiger partial charge in [0.15, 0.2) is 0 Å². The summed E-state index contributed by atoms with van der Waals surface area (Å²) in [5.41, 5.74) is 6.19. The summed E-state index contributed by atoms with van der Waals surface area (Å²) in [6, 6.07) is 18.8. The summed E-state index contributed by atoms with van der Waals surface area (Å²) >= 11 is 6.39. The van der Waals surface area contributed by atoms with Gasteiger partial charge < -0.3 is 26.4 Å². The van der Waals surface area contributed by atoms with Gasteiger partial charge in [0, 0.05) is 22.9 Å². The fraction of sp³-hybridized carbons (Fsp3) is 0.447. The van der Waals surface area contributed by atoms with Crippen molar-refractivity contribution in [3.05, 3.63) is 82.9 Å². The van der Waals surface area contributed by atoms with Gasteiger partial charge in [-0.3, -0.25) is 19.2 Å². The molecule has 49 heavy (non-hydrogen) atoms. The lowest BCUT2D eigenvalue weighted by molar-refractivity contribution is -0.139. The summed E-state index contributed by atoms with van der Waals surface area (Å²) in [6.07, 6.45) is 4.04. The number of fused-ring (bicyclic) bond motifs is 1. The molecule has 2 fully saturated rings. The molecule has 2 aliphatic rings. The molecule has 3 aromatic rings. The molecular weight excluding hydrogens is 644 g/mol. The number of benzene rings is 3. The number of rotatable bonds is 13. The number of Topliss-reactive ketones (excluding diaryl/α,β-unsaturated/α-hetero) is 1. The van der Waals surface area contributed by atoms with E-state index in [-0.39, 0.29) is 18.2 Å². The second-order valence-electron chi connectivity index (χ2n) is 13.9. The summed E-state index contributed by atoms with van der Waals surface area (Å²) in [6.45, 7) is 4.38. The van der Waals surface area contributed by atoms with Gasteiger partial charge >= 0.3 is 6.09 Å². The number of primary amides is 1. The number of ether oxygens (including phenoxy) is 1. The fourth-order valence-corrected chi connectivity index (χ4v) is 7.33. The molecule has 260 valence electrons. The minimum Gasteiger partial charge on any atom is -0.440 e. The van der Waals surface area contributed by atoms with Crippen LogP contribution in [0.15, 0.2) is 66.7 Å². The SMILES string of the molecule is CC(C)(c1cccc(Cl)c1)C(OC(=O)NC(CC1CCCCC1)C(=O)NC(CC1CCNC1=O)C(=O)C(N)=O)c1ccc2ccccc2c1. The van der Waals surface area contributed by atoms with Crippen LogP contribution < -0.4 is 21.7 Å². The van der Waals surface area contributed by atoms with Crippen LogP contribution in [0.1, 0.15) is 82.4 Å². The van der Waals surface area contributed by atoms with Gasteiger partial charge in [0.1, 0.15) is 12.1 Å². The van der Waals surface area contributed by atoms with E-state index in [4.69, 9.17) is 22.1 Å². The van der Waals surface area contributed by atoms with Gasteiger partial charge in [-0.05, 0) is 65.3 Å². The third kappa shape index (κ3) is 8.97. The van der Waals surface area contributed by atoms with Crippen LogP contribution in [0.5, 0.6) is 0 Å². The van der Waals surface area contributed by atoms with Crippen LogP contribution in [0.3, 0.4) is 0 Å². The average Bonchev–Trinajstić information content (AvgIpc) is 3.50. The Labute approximate surface area is 291 Å². The van der Waals surface area contributed by atoms with Crippen LogP contribution in [0.25, 0.3) is 10.8 Å². The number of carbonyl (C=O) groups excluding carboxylic acids is 5. The number of halogens is 1. The second kappa shape index (κ2) is 15.8. The summed E-state index contributed by atoms with van der Waals surface area (Å²) in [5.74, 6) is -3.49. The van der Waals surface area contributed by atoms with Gasteiger partial charge in [0.05, 0.1) is 6.04 Å². The Kier molecular flexibility index (Phi) is 11.6. The first-order valence-corrected chi connectivity index (χ1v) is 17.4. The number of hydrogen-bond donors (Lipinski definition) is 4. The molecule has 4 amide bonds. The van der Waals surface area contributed by atoms with E-state index in [1.54, 1.807) is 6.07 Å². The Morgan fingerprint density at radius 1 is 0.898 bits per heavy atom. The Hall–Kier alpha value is -4.44. The maximum Gasteiger partial charge on any atom is 0.408 e. The number of nitrogens with two attached hydrogens (primary N) is 1. The maximum absolute atomic E-state index is 13.9. The molecule has 4 unspecified atom stereocenters. The average molecular weight is 689 g/mol.